The molecule has 0 bridgehead atoms. The van der Waals surface area contributed by atoms with Gasteiger partial charge in [-0.05, 0) is 44.1 Å². The molecule has 5 aromatic rings. The zero-order valence-electron chi connectivity index (χ0n) is 13.6. The smallest absolute Gasteiger partial charge is 0.0349 e. The molecule has 1 heterocycles. The Hall–Kier alpha value is -2.90. The molecule has 0 N–H and O–H groups in total. The van der Waals surface area contributed by atoms with Crippen molar-refractivity contribution in [3.8, 4) is 21.6 Å². The standard InChI is InChI=1S/C24H16S/c1-3-10-19-17(7-1)9-5-12-21(19)24-20-11-4-2-8-18(20)14-15-22(24)23-13-6-16-25-23/h1-16H. The molecular formula is C24H16S. The molecule has 0 amide bonds. The molecule has 25 heavy (non-hydrogen) atoms. The Labute approximate surface area is 151 Å². The van der Waals surface area contributed by atoms with E-state index in [1.165, 1.54) is 43.1 Å². The first-order valence-electron chi connectivity index (χ1n) is 8.45. The number of thiophene rings is 1. The third kappa shape index (κ3) is 2.36. The normalized spacial score (nSPS) is 11.2. The Morgan fingerprint density at radius 3 is 2.00 bits per heavy atom. The van der Waals surface area contributed by atoms with Gasteiger partial charge in [-0.1, -0.05) is 84.9 Å². The van der Waals surface area contributed by atoms with Crippen LogP contribution >= 0.6 is 11.3 Å². The monoisotopic (exact) mass is 336 g/mol. The van der Waals surface area contributed by atoms with Crippen molar-refractivity contribution in [2.45, 2.75) is 0 Å². The van der Waals surface area contributed by atoms with E-state index in [1.54, 1.807) is 11.3 Å². The van der Waals surface area contributed by atoms with Crippen LogP contribution in [0.2, 0.25) is 0 Å². The molecule has 0 fully saturated rings. The lowest BCUT2D eigenvalue weighted by molar-refractivity contribution is 1.68. The number of benzene rings is 4. The van der Waals surface area contributed by atoms with Gasteiger partial charge in [0.2, 0.25) is 0 Å². The molecule has 0 spiro atoms. The van der Waals surface area contributed by atoms with Gasteiger partial charge in [0.25, 0.3) is 0 Å². The van der Waals surface area contributed by atoms with Crippen molar-refractivity contribution in [1.29, 1.82) is 0 Å². The number of rotatable bonds is 2. The number of fused-ring (bicyclic) bond motifs is 2. The Morgan fingerprint density at radius 1 is 0.480 bits per heavy atom. The van der Waals surface area contributed by atoms with Gasteiger partial charge in [-0.25, -0.2) is 0 Å². The van der Waals surface area contributed by atoms with Gasteiger partial charge < -0.3 is 0 Å². The predicted molar refractivity (Wildman–Crippen MR) is 110 cm³/mol. The molecule has 1 heteroatoms. The minimum Gasteiger partial charge on any atom is -0.144 e. The lowest BCUT2D eigenvalue weighted by atomic mass is 9.89. The van der Waals surface area contributed by atoms with Crippen LogP contribution < -0.4 is 0 Å². The van der Waals surface area contributed by atoms with Crippen LogP contribution in [0, 0.1) is 0 Å². The van der Waals surface area contributed by atoms with Crippen LogP contribution in [0.5, 0.6) is 0 Å². The Balaban J connectivity index is 1.95. The van der Waals surface area contributed by atoms with Gasteiger partial charge >= 0.3 is 0 Å². The summed E-state index contributed by atoms with van der Waals surface area (Å²) in [4.78, 5) is 1.31. The van der Waals surface area contributed by atoms with Crippen molar-refractivity contribution in [1.82, 2.24) is 0 Å². The molecule has 118 valence electrons. The van der Waals surface area contributed by atoms with Crippen molar-refractivity contribution in [3.63, 3.8) is 0 Å². The van der Waals surface area contributed by atoms with Gasteiger partial charge in [0.15, 0.2) is 0 Å². The van der Waals surface area contributed by atoms with E-state index in [1.807, 2.05) is 0 Å². The van der Waals surface area contributed by atoms with Crippen LogP contribution in [0.4, 0.5) is 0 Å². The van der Waals surface area contributed by atoms with Crippen LogP contribution in [0.25, 0.3) is 43.1 Å². The first kappa shape index (κ1) is 14.4. The van der Waals surface area contributed by atoms with E-state index in [0.29, 0.717) is 0 Å². The van der Waals surface area contributed by atoms with Crippen LogP contribution in [-0.4, -0.2) is 0 Å². The molecule has 4 aromatic carbocycles. The fraction of sp³-hybridized carbons (Fsp3) is 0. The maximum absolute atomic E-state index is 2.27. The van der Waals surface area contributed by atoms with Crippen LogP contribution in [0.1, 0.15) is 0 Å². The van der Waals surface area contributed by atoms with Crippen molar-refractivity contribution in [2.24, 2.45) is 0 Å². The van der Waals surface area contributed by atoms with Gasteiger partial charge in [0.1, 0.15) is 0 Å². The highest BCUT2D eigenvalue weighted by Gasteiger charge is 2.14. The van der Waals surface area contributed by atoms with Gasteiger partial charge in [-0.15, -0.1) is 11.3 Å². The third-order valence-corrected chi connectivity index (χ3v) is 5.68. The summed E-state index contributed by atoms with van der Waals surface area (Å²) < 4.78 is 0. The van der Waals surface area contributed by atoms with Crippen molar-refractivity contribution >= 4 is 32.9 Å². The second-order valence-electron chi connectivity index (χ2n) is 6.21. The van der Waals surface area contributed by atoms with E-state index in [2.05, 4.69) is 96.4 Å². The predicted octanol–water partition coefficient (Wildman–Crippen LogP) is 7.39. The minimum absolute atomic E-state index is 1.28. The van der Waals surface area contributed by atoms with E-state index in [9.17, 15) is 0 Å². The van der Waals surface area contributed by atoms with Crippen molar-refractivity contribution < 1.29 is 0 Å². The lowest BCUT2D eigenvalue weighted by Crippen LogP contribution is -1.88. The van der Waals surface area contributed by atoms with E-state index >= 15 is 0 Å². The van der Waals surface area contributed by atoms with Crippen LogP contribution in [0.3, 0.4) is 0 Å². The molecule has 0 nitrogen and oxygen atoms in total. The molecular weight excluding hydrogens is 320 g/mol. The van der Waals surface area contributed by atoms with Crippen molar-refractivity contribution in [2.75, 3.05) is 0 Å². The van der Waals surface area contributed by atoms with E-state index in [-0.39, 0.29) is 0 Å². The zero-order chi connectivity index (χ0) is 16.6. The van der Waals surface area contributed by atoms with E-state index < -0.39 is 0 Å². The zero-order valence-corrected chi connectivity index (χ0v) is 14.5. The number of hydrogen-bond donors (Lipinski definition) is 0. The van der Waals surface area contributed by atoms with Gasteiger partial charge in [-0.2, -0.15) is 0 Å². The maximum Gasteiger partial charge on any atom is 0.0349 e. The van der Waals surface area contributed by atoms with E-state index in [0.717, 1.165) is 0 Å². The third-order valence-electron chi connectivity index (χ3n) is 4.77. The number of hydrogen-bond acceptors (Lipinski definition) is 1. The maximum atomic E-state index is 2.27. The summed E-state index contributed by atoms with van der Waals surface area (Å²) in [5.41, 5.74) is 3.95. The van der Waals surface area contributed by atoms with Gasteiger partial charge in [-0.3, -0.25) is 0 Å². The summed E-state index contributed by atoms with van der Waals surface area (Å²) in [7, 11) is 0. The Kier molecular flexibility index (Phi) is 3.39. The molecule has 0 saturated heterocycles. The summed E-state index contributed by atoms with van der Waals surface area (Å²) in [5, 5.41) is 7.33. The van der Waals surface area contributed by atoms with Crippen LogP contribution in [-0.2, 0) is 0 Å². The van der Waals surface area contributed by atoms with Gasteiger partial charge in [0, 0.05) is 10.4 Å². The summed E-state index contributed by atoms with van der Waals surface area (Å²) in [5.74, 6) is 0. The molecule has 0 atom stereocenters. The van der Waals surface area contributed by atoms with Gasteiger partial charge in [0.05, 0.1) is 0 Å². The molecule has 5 rings (SSSR count). The second-order valence-corrected chi connectivity index (χ2v) is 7.16. The highest BCUT2D eigenvalue weighted by atomic mass is 32.1. The molecule has 1 aromatic heterocycles. The van der Waals surface area contributed by atoms with E-state index in [4.69, 9.17) is 0 Å². The summed E-state index contributed by atoms with van der Waals surface area (Å²) in [6.07, 6.45) is 0. The molecule has 0 saturated carbocycles. The molecule has 0 unspecified atom stereocenters. The molecule has 0 aliphatic heterocycles. The first-order valence-corrected chi connectivity index (χ1v) is 9.33. The summed E-state index contributed by atoms with van der Waals surface area (Å²) in [6, 6.07) is 32.8. The minimum atomic E-state index is 1.28. The summed E-state index contributed by atoms with van der Waals surface area (Å²) >= 11 is 1.80. The highest BCUT2D eigenvalue weighted by Crippen LogP contribution is 2.42. The molecule has 0 radical (unpaired) electrons. The molecule has 0 aliphatic rings. The Morgan fingerprint density at radius 2 is 1.20 bits per heavy atom. The fourth-order valence-corrected chi connectivity index (χ4v) is 4.40. The van der Waals surface area contributed by atoms with Crippen LogP contribution in [0.15, 0.2) is 96.4 Å². The average molecular weight is 336 g/mol. The average Bonchev–Trinajstić information content (AvgIpc) is 3.21. The molecule has 0 aliphatic carbocycles. The highest BCUT2D eigenvalue weighted by molar-refractivity contribution is 7.13. The van der Waals surface area contributed by atoms with Crippen molar-refractivity contribution in [3.05, 3.63) is 96.4 Å². The largest absolute Gasteiger partial charge is 0.144 e. The summed E-state index contributed by atoms with van der Waals surface area (Å²) in [6.45, 7) is 0. The second kappa shape index (κ2) is 5.87. The topological polar surface area (TPSA) is 0 Å². The fourth-order valence-electron chi connectivity index (χ4n) is 3.64. The lowest BCUT2D eigenvalue weighted by Gasteiger charge is -2.15. The Bertz CT molecular complexity index is 1180. The first-order chi connectivity index (χ1) is 12.4. The quantitative estimate of drug-likeness (QED) is 0.315. The SMILES string of the molecule is c1csc(-c2ccc3ccccc3c2-c2cccc3ccccc23)c1.